The molecule has 0 saturated carbocycles. The van der Waals surface area contributed by atoms with Crippen LogP contribution in [0, 0.1) is 0 Å². The first kappa shape index (κ1) is 16.6. The second-order valence-electron chi connectivity index (χ2n) is 4.30. The molecule has 0 fully saturated rings. The molecule has 3 amide bonds. The van der Waals surface area contributed by atoms with Gasteiger partial charge < -0.3 is 20.7 Å². The van der Waals surface area contributed by atoms with E-state index >= 15 is 0 Å². The lowest BCUT2D eigenvalue weighted by atomic mass is 10.2. The molecule has 0 heterocycles. The Balaban J connectivity index is 2.35. The molecule has 1 rings (SSSR count). The van der Waals surface area contributed by atoms with Gasteiger partial charge in [-0.3, -0.25) is 14.4 Å². The fraction of sp³-hybridized carbons (Fsp3) is 0.357. The number of methoxy groups -OCH3 is 1. The summed E-state index contributed by atoms with van der Waals surface area (Å²) in [5.41, 5.74) is 1.11. The zero-order chi connectivity index (χ0) is 15.7. The van der Waals surface area contributed by atoms with Gasteiger partial charge in [0.1, 0.15) is 6.61 Å². The van der Waals surface area contributed by atoms with Crippen molar-refractivity contribution in [2.45, 2.75) is 6.92 Å². The number of ether oxygens (including phenoxy) is 1. The predicted octanol–water partition coefficient (Wildman–Crippen LogP) is 0.137. The molecule has 0 aromatic heterocycles. The van der Waals surface area contributed by atoms with E-state index in [0.717, 1.165) is 0 Å². The fourth-order valence-electron chi connectivity index (χ4n) is 1.57. The van der Waals surface area contributed by atoms with Gasteiger partial charge in [-0.15, -0.1) is 0 Å². The quantitative estimate of drug-likeness (QED) is 0.623. The summed E-state index contributed by atoms with van der Waals surface area (Å²) in [6.45, 7) is 2.07. The highest BCUT2D eigenvalue weighted by molar-refractivity contribution is 5.95. The zero-order valence-electron chi connectivity index (χ0n) is 12.1. The van der Waals surface area contributed by atoms with Crippen molar-refractivity contribution >= 4 is 23.4 Å². The van der Waals surface area contributed by atoms with Crippen molar-refractivity contribution in [2.75, 3.05) is 32.1 Å². The Morgan fingerprint density at radius 2 is 1.67 bits per heavy atom. The lowest BCUT2D eigenvalue weighted by Gasteiger charge is -2.07. The molecule has 3 N–H and O–H groups in total. The van der Waals surface area contributed by atoms with Crippen LogP contribution in [0.4, 0.5) is 5.69 Å². The van der Waals surface area contributed by atoms with E-state index in [1.54, 1.807) is 24.3 Å². The van der Waals surface area contributed by atoms with E-state index in [9.17, 15) is 14.4 Å². The number of rotatable bonds is 7. The summed E-state index contributed by atoms with van der Waals surface area (Å²) in [6, 6.07) is 6.53. The molecule has 0 saturated heterocycles. The summed E-state index contributed by atoms with van der Waals surface area (Å²) in [7, 11) is 1.44. The minimum absolute atomic E-state index is 0.00143. The average molecular weight is 293 g/mol. The van der Waals surface area contributed by atoms with Gasteiger partial charge in [0.15, 0.2) is 0 Å². The lowest BCUT2D eigenvalue weighted by molar-refractivity contribution is -0.124. The van der Waals surface area contributed by atoms with Crippen LogP contribution in [0.15, 0.2) is 24.3 Å². The summed E-state index contributed by atoms with van der Waals surface area (Å²) < 4.78 is 4.66. The molecule has 0 radical (unpaired) electrons. The molecule has 114 valence electrons. The standard InChI is InChI=1S/C14H19N3O4/c1-10(18)17-12-5-3-11(4-6-12)14(20)16-8-7-15-13(19)9-21-2/h3-6H,7-9H2,1-2H3,(H,15,19)(H,16,20)(H,17,18). The van der Waals surface area contributed by atoms with Crippen LogP contribution in [0.3, 0.4) is 0 Å². The highest BCUT2D eigenvalue weighted by Crippen LogP contribution is 2.09. The summed E-state index contributed by atoms with van der Waals surface area (Å²) >= 11 is 0. The van der Waals surface area contributed by atoms with Crippen molar-refractivity contribution in [3.63, 3.8) is 0 Å². The van der Waals surface area contributed by atoms with Gasteiger partial charge in [-0.05, 0) is 24.3 Å². The van der Waals surface area contributed by atoms with Crippen molar-refractivity contribution in [3.05, 3.63) is 29.8 Å². The number of carbonyl (C=O) groups excluding carboxylic acids is 3. The van der Waals surface area contributed by atoms with Crippen LogP contribution in [0.1, 0.15) is 17.3 Å². The maximum atomic E-state index is 11.8. The van der Waals surface area contributed by atoms with Gasteiger partial charge in [0.2, 0.25) is 11.8 Å². The number of amides is 3. The van der Waals surface area contributed by atoms with Crippen molar-refractivity contribution in [1.29, 1.82) is 0 Å². The topological polar surface area (TPSA) is 96.5 Å². The highest BCUT2D eigenvalue weighted by atomic mass is 16.5. The van der Waals surface area contributed by atoms with E-state index in [-0.39, 0.29) is 24.3 Å². The second-order valence-corrected chi connectivity index (χ2v) is 4.30. The first-order valence-corrected chi connectivity index (χ1v) is 6.44. The fourth-order valence-corrected chi connectivity index (χ4v) is 1.57. The van der Waals surface area contributed by atoms with Crippen LogP contribution in [-0.2, 0) is 14.3 Å². The van der Waals surface area contributed by atoms with Gasteiger partial charge in [-0.1, -0.05) is 0 Å². The van der Waals surface area contributed by atoms with E-state index < -0.39 is 0 Å². The predicted molar refractivity (Wildman–Crippen MR) is 78.0 cm³/mol. The van der Waals surface area contributed by atoms with Crippen LogP contribution in [0.2, 0.25) is 0 Å². The summed E-state index contributed by atoms with van der Waals surface area (Å²) in [4.78, 5) is 33.8. The Morgan fingerprint density at radius 3 is 2.24 bits per heavy atom. The molecule has 1 aromatic rings. The minimum Gasteiger partial charge on any atom is -0.375 e. The molecule has 21 heavy (non-hydrogen) atoms. The molecule has 0 aliphatic carbocycles. The third kappa shape index (κ3) is 6.53. The third-order valence-electron chi connectivity index (χ3n) is 2.48. The van der Waals surface area contributed by atoms with Crippen LogP contribution in [0.5, 0.6) is 0 Å². The van der Waals surface area contributed by atoms with Crippen molar-refractivity contribution in [1.82, 2.24) is 10.6 Å². The summed E-state index contributed by atoms with van der Waals surface area (Å²) in [5, 5.41) is 7.89. The molecule has 1 aromatic carbocycles. The van der Waals surface area contributed by atoms with E-state index in [1.807, 2.05) is 0 Å². The smallest absolute Gasteiger partial charge is 0.251 e. The zero-order valence-corrected chi connectivity index (χ0v) is 12.1. The largest absolute Gasteiger partial charge is 0.375 e. The van der Waals surface area contributed by atoms with E-state index in [2.05, 4.69) is 20.7 Å². The van der Waals surface area contributed by atoms with Crippen molar-refractivity contribution in [2.24, 2.45) is 0 Å². The van der Waals surface area contributed by atoms with Crippen LogP contribution >= 0.6 is 0 Å². The molecule has 0 unspecified atom stereocenters. The average Bonchev–Trinajstić information content (AvgIpc) is 2.44. The Kier molecular flexibility index (Phi) is 6.90. The molecule has 0 atom stereocenters. The van der Waals surface area contributed by atoms with Gasteiger partial charge in [-0.2, -0.15) is 0 Å². The van der Waals surface area contributed by atoms with Gasteiger partial charge >= 0.3 is 0 Å². The van der Waals surface area contributed by atoms with E-state index in [4.69, 9.17) is 0 Å². The number of benzene rings is 1. The summed E-state index contributed by atoms with van der Waals surface area (Å²) in [5.74, 6) is -0.643. The molecular formula is C14H19N3O4. The van der Waals surface area contributed by atoms with Crippen molar-refractivity contribution < 1.29 is 19.1 Å². The normalized spacial score (nSPS) is 9.81. The van der Waals surface area contributed by atoms with Crippen LogP contribution < -0.4 is 16.0 Å². The maximum absolute atomic E-state index is 11.8. The SMILES string of the molecule is COCC(=O)NCCNC(=O)c1ccc(NC(C)=O)cc1. The number of anilines is 1. The summed E-state index contributed by atoms with van der Waals surface area (Å²) in [6.07, 6.45) is 0. The third-order valence-corrected chi connectivity index (χ3v) is 2.48. The second kappa shape index (κ2) is 8.70. The Morgan fingerprint density at radius 1 is 1.05 bits per heavy atom. The minimum atomic E-state index is -0.245. The van der Waals surface area contributed by atoms with Gasteiger partial charge in [0, 0.05) is 38.4 Å². The first-order valence-electron chi connectivity index (χ1n) is 6.44. The van der Waals surface area contributed by atoms with Gasteiger partial charge in [0.05, 0.1) is 0 Å². The molecule has 7 nitrogen and oxygen atoms in total. The molecule has 0 aliphatic heterocycles. The highest BCUT2D eigenvalue weighted by Gasteiger charge is 2.05. The Labute approximate surface area is 123 Å². The first-order chi connectivity index (χ1) is 10.0. The molecular weight excluding hydrogens is 274 g/mol. The van der Waals surface area contributed by atoms with E-state index in [0.29, 0.717) is 24.3 Å². The number of hydrogen-bond donors (Lipinski definition) is 3. The van der Waals surface area contributed by atoms with Crippen LogP contribution in [0.25, 0.3) is 0 Å². The Bertz CT molecular complexity index is 499. The number of carbonyl (C=O) groups is 3. The number of nitrogens with one attached hydrogen (secondary N) is 3. The van der Waals surface area contributed by atoms with Crippen LogP contribution in [-0.4, -0.2) is 44.5 Å². The molecule has 7 heteroatoms. The van der Waals surface area contributed by atoms with Gasteiger partial charge in [0.25, 0.3) is 5.91 Å². The molecule has 0 aliphatic rings. The molecule has 0 bridgehead atoms. The van der Waals surface area contributed by atoms with Gasteiger partial charge in [-0.25, -0.2) is 0 Å². The number of hydrogen-bond acceptors (Lipinski definition) is 4. The molecule has 0 spiro atoms. The lowest BCUT2D eigenvalue weighted by Crippen LogP contribution is -2.36. The maximum Gasteiger partial charge on any atom is 0.251 e. The van der Waals surface area contributed by atoms with E-state index in [1.165, 1.54) is 14.0 Å². The Hall–Kier alpha value is -2.41. The monoisotopic (exact) mass is 293 g/mol. The van der Waals surface area contributed by atoms with Crippen molar-refractivity contribution in [3.8, 4) is 0 Å².